The average molecular weight is 451 g/mol. The SMILES string of the molecule is COc1c(C)c(O)c2c(c1O)[C@@H](C)CC[C@@H]2[C@@H](C)CCO[Si](C(C)C)(C(C)C)C(C)C. The van der Waals surface area contributed by atoms with E-state index in [1.165, 1.54) is 0 Å². The van der Waals surface area contributed by atoms with Crippen LogP contribution in [0.25, 0.3) is 0 Å². The lowest BCUT2D eigenvalue weighted by atomic mass is 9.70. The third-order valence-electron chi connectivity index (χ3n) is 8.01. The molecule has 1 aromatic rings. The quantitative estimate of drug-likeness (QED) is 0.300. The van der Waals surface area contributed by atoms with Crippen molar-refractivity contribution < 1.29 is 19.4 Å². The standard InChI is InChI=1S/C26H46O4Si/c1-15(2)31(16(3)4,17(5)6)30-14-13-18(7)21-12-11-19(8)22-23(21)24(27)20(9)26(29-10)25(22)28/h15-19,21,27-28H,11-14H2,1-10H3/t18-,19-,21+/m0/s1. The zero-order valence-corrected chi connectivity index (χ0v) is 22.5. The van der Waals surface area contributed by atoms with Gasteiger partial charge in [-0.15, -0.1) is 0 Å². The summed E-state index contributed by atoms with van der Waals surface area (Å²) in [4.78, 5) is 0. The normalized spacial score (nSPS) is 20.4. The molecule has 31 heavy (non-hydrogen) atoms. The molecule has 0 aliphatic heterocycles. The summed E-state index contributed by atoms with van der Waals surface area (Å²) in [5, 5.41) is 22.0. The highest BCUT2D eigenvalue weighted by molar-refractivity contribution is 6.77. The van der Waals surface area contributed by atoms with E-state index < -0.39 is 8.32 Å². The van der Waals surface area contributed by atoms with Crippen LogP contribution < -0.4 is 4.74 Å². The molecule has 0 unspecified atom stereocenters. The molecule has 0 saturated carbocycles. The molecule has 5 heteroatoms. The van der Waals surface area contributed by atoms with Gasteiger partial charge in [0.15, 0.2) is 19.8 Å². The number of fused-ring (bicyclic) bond motifs is 1. The number of methoxy groups -OCH3 is 1. The van der Waals surface area contributed by atoms with Gasteiger partial charge in [0.2, 0.25) is 0 Å². The fraction of sp³-hybridized carbons (Fsp3) is 0.769. The van der Waals surface area contributed by atoms with Crippen LogP contribution in [-0.4, -0.2) is 32.2 Å². The predicted octanol–water partition coefficient (Wildman–Crippen LogP) is 7.61. The van der Waals surface area contributed by atoms with Gasteiger partial charge in [-0.3, -0.25) is 0 Å². The maximum absolute atomic E-state index is 11.1. The van der Waals surface area contributed by atoms with Crippen molar-refractivity contribution in [2.24, 2.45) is 5.92 Å². The van der Waals surface area contributed by atoms with Crippen LogP contribution in [0.1, 0.15) is 103 Å². The van der Waals surface area contributed by atoms with E-state index in [9.17, 15) is 10.2 Å². The first kappa shape index (κ1) is 26.1. The van der Waals surface area contributed by atoms with Crippen molar-refractivity contribution in [3.05, 3.63) is 16.7 Å². The Morgan fingerprint density at radius 3 is 1.94 bits per heavy atom. The minimum Gasteiger partial charge on any atom is -0.507 e. The molecule has 1 aromatic carbocycles. The van der Waals surface area contributed by atoms with E-state index in [0.29, 0.717) is 39.6 Å². The number of hydrogen-bond acceptors (Lipinski definition) is 4. The predicted molar refractivity (Wildman–Crippen MR) is 132 cm³/mol. The molecule has 2 N–H and O–H groups in total. The van der Waals surface area contributed by atoms with E-state index in [1.54, 1.807) is 7.11 Å². The summed E-state index contributed by atoms with van der Waals surface area (Å²) >= 11 is 0. The monoisotopic (exact) mass is 450 g/mol. The first-order valence-electron chi connectivity index (χ1n) is 12.2. The lowest BCUT2D eigenvalue weighted by Crippen LogP contribution is -2.48. The van der Waals surface area contributed by atoms with Crippen molar-refractivity contribution in [3.63, 3.8) is 0 Å². The molecule has 3 atom stereocenters. The van der Waals surface area contributed by atoms with Crippen molar-refractivity contribution in [2.75, 3.05) is 13.7 Å². The highest BCUT2D eigenvalue weighted by atomic mass is 28.4. The van der Waals surface area contributed by atoms with Crippen molar-refractivity contribution >= 4 is 8.32 Å². The van der Waals surface area contributed by atoms with E-state index in [-0.39, 0.29) is 17.6 Å². The molecular formula is C26H46O4Si. The maximum atomic E-state index is 11.1. The Labute approximate surface area is 191 Å². The zero-order chi connectivity index (χ0) is 23.7. The molecule has 0 fully saturated rings. The van der Waals surface area contributed by atoms with Gasteiger partial charge in [0.25, 0.3) is 0 Å². The minimum absolute atomic E-state index is 0.206. The van der Waals surface area contributed by atoms with Gasteiger partial charge in [0.1, 0.15) is 5.75 Å². The maximum Gasteiger partial charge on any atom is 0.200 e. The highest BCUT2D eigenvalue weighted by Gasteiger charge is 2.45. The highest BCUT2D eigenvalue weighted by Crippen LogP contribution is 2.54. The summed E-state index contributed by atoms with van der Waals surface area (Å²) in [5.74, 6) is 1.70. The summed E-state index contributed by atoms with van der Waals surface area (Å²) in [5.41, 5.74) is 4.18. The summed E-state index contributed by atoms with van der Waals surface area (Å²) < 4.78 is 12.2. The lowest BCUT2D eigenvalue weighted by Gasteiger charge is -2.42. The van der Waals surface area contributed by atoms with Crippen molar-refractivity contribution in [1.29, 1.82) is 0 Å². The van der Waals surface area contributed by atoms with Crippen LogP contribution in [0.4, 0.5) is 0 Å². The molecule has 0 bridgehead atoms. The molecule has 0 aromatic heterocycles. The van der Waals surface area contributed by atoms with Crippen LogP contribution in [0.15, 0.2) is 0 Å². The Kier molecular flexibility index (Phi) is 8.54. The molecule has 0 radical (unpaired) electrons. The molecule has 2 rings (SSSR count). The number of ether oxygens (including phenoxy) is 1. The summed E-state index contributed by atoms with van der Waals surface area (Å²) in [6, 6.07) is 0. The Hall–Kier alpha value is -1.20. The Morgan fingerprint density at radius 1 is 0.903 bits per heavy atom. The van der Waals surface area contributed by atoms with Gasteiger partial charge in [0.05, 0.1) is 7.11 Å². The molecule has 178 valence electrons. The fourth-order valence-electron chi connectivity index (χ4n) is 6.40. The number of hydrogen-bond donors (Lipinski definition) is 2. The number of benzene rings is 1. The summed E-state index contributed by atoms with van der Waals surface area (Å²) in [6.45, 7) is 20.9. The molecule has 1 aliphatic carbocycles. The molecular weight excluding hydrogens is 404 g/mol. The smallest absolute Gasteiger partial charge is 0.200 e. The van der Waals surface area contributed by atoms with Crippen molar-refractivity contribution in [3.8, 4) is 17.2 Å². The number of phenols is 2. The number of phenolic OH excluding ortho intramolecular Hbond substituents is 2. The third kappa shape index (κ3) is 4.63. The van der Waals surface area contributed by atoms with Crippen LogP contribution in [0.3, 0.4) is 0 Å². The van der Waals surface area contributed by atoms with E-state index in [0.717, 1.165) is 37.0 Å². The van der Waals surface area contributed by atoms with Crippen LogP contribution in [-0.2, 0) is 4.43 Å². The van der Waals surface area contributed by atoms with Crippen molar-refractivity contribution in [1.82, 2.24) is 0 Å². The molecule has 0 saturated heterocycles. The Morgan fingerprint density at radius 2 is 1.45 bits per heavy atom. The van der Waals surface area contributed by atoms with Crippen LogP contribution in [0.2, 0.25) is 16.6 Å². The van der Waals surface area contributed by atoms with Crippen LogP contribution >= 0.6 is 0 Å². The lowest BCUT2D eigenvalue weighted by molar-refractivity contribution is 0.232. The van der Waals surface area contributed by atoms with Gasteiger partial charge in [-0.05, 0) is 60.6 Å². The van der Waals surface area contributed by atoms with Gasteiger partial charge in [-0.1, -0.05) is 55.4 Å². The van der Waals surface area contributed by atoms with E-state index in [2.05, 4.69) is 55.4 Å². The van der Waals surface area contributed by atoms with E-state index in [4.69, 9.17) is 9.16 Å². The second-order valence-electron chi connectivity index (χ2n) is 10.7. The Bertz CT molecular complexity index is 735. The molecule has 1 aliphatic rings. The van der Waals surface area contributed by atoms with E-state index in [1.807, 2.05) is 6.92 Å². The fourth-order valence-corrected chi connectivity index (χ4v) is 11.9. The first-order valence-corrected chi connectivity index (χ1v) is 14.3. The minimum atomic E-state index is -1.87. The second kappa shape index (κ2) is 10.2. The Balaban J connectivity index is 2.29. The van der Waals surface area contributed by atoms with Crippen LogP contribution in [0, 0.1) is 12.8 Å². The zero-order valence-electron chi connectivity index (χ0n) is 21.5. The van der Waals surface area contributed by atoms with Gasteiger partial charge in [0, 0.05) is 23.3 Å². The number of rotatable bonds is 9. The van der Waals surface area contributed by atoms with Gasteiger partial charge < -0.3 is 19.4 Å². The van der Waals surface area contributed by atoms with Gasteiger partial charge in [-0.25, -0.2) is 0 Å². The van der Waals surface area contributed by atoms with Crippen molar-refractivity contribution in [2.45, 2.75) is 110 Å². The van der Waals surface area contributed by atoms with E-state index >= 15 is 0 Å². The molecule has 0 spiro atoms. The largest absolute Gasteiger partial charge is 0.507 e. The molecule has 0 amide bonds. The summed E-state index contributed by atoms with van der Waals surface area (Å²) in [7, 11) is -0.325. The van der Waals surface area contributed by atoms with Gasteiger partial charge >= 0.3 is 0 Å². The second-order valence-corrected chi connectivity index (χ2v) is 16.2. The van der Waals surface area contributed by atoms with Crippen LogP contribution in [0.5, 0.6) is 17.2 Å². The average Bonchev–Trinajstić information content (AvgIpc) is 2.68. The first-order chi connectivity index (χ1) is 14.4. The van der Waals surface area contributed by atoms with Gasteiger partial charge in [-0.2, -0.15) is 0 Å². The summed E-state index contributed by atoms with van der Waals surface area (Å²) in [6.07, 6.45) is 2.99. The third-order valence-corrected chi connectivity index (χ3v) is 14.1. The molecule has 0 heterocycles. The topological polar surface area (TPSA) is 58.9 Å². The molecule has 4 nitrogen and oxygen atoms in total. The number of aromatic hydroxyl groups is 2.